The van der Waals surface area contributed by atoms with E-state index in [1.807, 2.05) is 19.2 Å². The lowest BCUT2D eigenvalue weighted by atomic mass is 10.2. The highest BCUT2D eigenvalue weighted by Gasteiger charge is 1.99. The Balaban J connectivity index is 3.10. The monoisotopic (exact) mass is 164 g/mol. The summed E-state index contributed by atoms with van der Waals surface area (Å²) in [5.41, 5.74) is 0.788. The summed E-state index contributed by atoms with van der Waals surface area (Å²) < 4.78 is 0. The van der Waals surface area contributed by atoms with Gasteiger partial charge >= 0.3 is 0 Å². The van der Waals surface area contributed by atoms with E-state index in [2.05, 4.69) is 15.6 Å². The van der Waals surface area contributed by atoms with E-state index in [-0.39, 0.29) is 0 Å². The van der Waals surface area contributed by atoms with Crippen LogP contribution in [0.5, 0.6) is 0 Å². The standard InChI is InChI=1S/C8H12N4/c1-10-7-4-3-6(5-9)8(11-2)12-7/h3-5,9H,1-2H3,(H2,10,11,12). The third kappa shape index (κ3) is 1.53. The molecule has 0 unspecified atom stereocenters. The first-order valence-corrected chi connectivity index (χ1v) is 3.69. The van der Waals surface area contributed by atoms with Gasteiger partial charge in [-0.25, -0.2) is 4.98 Å². The molecule has 0 amide bonds. The molecule has 0 aromatic carbocycles. The topological polar surface area (TPSA) is 60.8 Å². The van der Waals surface area contributed by atoms with Gasteiger partial charge in [0.2, 0.25) is 0 Å². The molecule has 0 spiro atoms. The van der Waals surface area contributed by atoms with E-state index in [9.17, 15) is 0 Å². The van der Waals surface area contributed by atoms with Crippen molar-refractivity contribution in [2.45, 2.75) is 0 Å². The van der Waals surface area contributed by atoms with E-state index in [1.54, 1.807) is 7.05 Å². The zero-order valence-electron chi connectivity index (χ0n) is 7.18. The fourth-order valence-corrected chi connectivity index (χ4v) is 0.926. The molecule has 0 radical (unpaired) electrons. The van der Waals surface area contributed by atoms with Gasteiger partial charge in [0.05, 0.1) is 0 Å². The minimum Gasteiger partial charge on any atom is -0.373 e. The van der Waals surface area contributed by atoms with Crippen LogP contribution in [0, 0.1) is 5.41 Å². The summed E-state index contributed by atoms with van der Waals surface area (Å²) in [7, 11) is 3.60. The van der Waals surface area contributed by atoms with Crippen LogP contribution in [-0.2, 0) is 0 Å². The maximum absolute atomic E-state index is 7.09. The molecular weight excluding hydrogens is 152 g/mol. The molecule has 12 heavy (non-hydrogen) atoms. The summed E-state index contributed by atoms with van der Waals surface area (Å²) in [6, 6.07) is 3.68. The number of hydrogen-bond donors (Lipinski definition) is 3. The number of nitrogens with zero attached hydrogens (tertiary/aromatic N) is 1. The number of aromatic nitrogens is 1. The molecule has 0 bridgehead atoms. The third-order valence-corrected chi connectivity index (χ3v) is 1.57. The lowest BCUT2D eigenvalue weighted by Gasteiger charge is -2.05. The van der Waals surface area contributed by atoms with Gasteiger partial charge in [-0.15, -0.1) is 0 Å². The lowest BCUT2D eigenvalue weighted by Crippen LogP contribution is -2.00. The molecule has 1 aromatic rings. The van der Waals surface area contributed by atoms with Crippen LogP contribution in [0.2, 0.25) is 0 Å². The summed E-state index contributed by atoms with van der Waals surface area (Å²) in [6.45, 7) is 0. The zero-order chi connectivity index (χ0) is 8.97. The van der Waals surface area contributed by atoms with Gasteiger partial charge in [-0.3, -0.25) is 0 Å². The van der Waals surface area contributed by atoms with Crippen LogP contribution in [0.4, 0.5) is 11.6 Å². The molecule has 0 saturated carbocycles. The first-order valence-electron chi connectivity index (χ1n) is 3.69. The quantitative estimate of drug-likeness (QED) is 0.587. The summed E-state index contributed by atoms with van der Waals surface area (Å²) in [4.78, 5) is 4.21. The average molecular weight is 164 g/mol. The zero-order valence-corrected chi connectivity index (χ0v) is 7.18. The highest BCUT2D eigenvalue weighted by Crippen LogP contribution is 2.12. The molecule has 0 fully saturated rings. The first-order chi connectivity index (χ1) is 5.81. The predicted molar refractivity (Wildman–Crippen MR) is 51.2 cm³/mol. The van der Waals surface area contributed by atoms with Gasteiger partial charge in [0.15, 0.2) is 0 Å². The Morgan fingerprint density at radius 1 is 1.33 bits per heavy atom. The van der Waals surface area contributed by atoms with Crippen molar-refractivity contribution in [3.05, 3.63) is 17.7 Å². The second kappa shape index (κ2) is 3.71. The van der Waals surface area contributed by atoms with Crippen molar-refractivity contribution in [3.63, 3.8) is 0 Å². The summed E-state index contributed by atoms with van der Waals surface area (Å²) in [5, 5.41) is 12.9. The Hall–Kier alpha value is -1.58. The number of hydrogen-bond acceptors (Lipinski definition) is 4. The Labute approximate surface area is 71.5 Å². The van der Waals surface area contributed by atoms with Crippen molar-refractivity contribution >= 4 is 17.9 Å². The van der Waals surface area contributed by atoms with E-state index in [4.69, 9.17) is 5.41 Å². The van der Waals surface area contributed by atoms with Crippen LogP contribution >= 0.6 is 0 Å². The smallest absolute Gasteiger partial charge is 0.136 e. The predicted octanol–water partition coefficient (Wildman–Crippen LogP) is 1.16. The van der Waals surface area contributed by atoms with Crippen LogP contribution in [0.3, 0.4) is 0 Å². The molecule has 64 valence electrons. The maximum atomic E-state index is 7.09. The molecule has 3 N–H and O–H groups in total. The van der Waals surface area contributed by atoms with Gasteiger partial charge in [-0.2, -0.15) is 0 Å². The molecule has 1 rings (SSSR count). The van der Waals surface area contributed by atoms with Crippen molar-refractivity contribution < 1.29 is 0 Å². The van der Waals surface area contributed by atoms with Gasteiger partial charge < -0.3 is 16.0 Å². The Morgan fingerprint density at radius 3 is 2.58 bits per heavy atom. The van der Waals surface area contributed by atoms with E-state index in [1.165, 1.54) is 6.21 Å². The second-order valence-corrected chi connectivity index (χ2v) is 2.28. The number of nitrogens with one attached hydrogen (secondary N) is 3. The fraction of sp³-hybridized carbons (Fsp3) is 0.250. The van der Waals surface area contributed by atoms with Crippen LogP contribution in [-0.4, -0.2) is 25.3 Å². The van der Waals surface area contributed by atoms with E-state index in [0.717, 1.165) is 17.2 Å². The molecule has 0 aliphatic carbocycles. The molecule has 4 nitrogen and oxygen atoms in total. The van der Waals surface area contributed by atoms with Crippen molar-refractivity contribution in [1.29, 1.82) is 5.41 Å². The number of rotatable bonds is 3. The normalized spacial score (nSPS) is 9.17. The molecular formula is C8H12N4. The molecule has 0 atom stereocenters. The van der Waals surface area contributed by atoms with Crippen molar-refractivity contribution in [1.82, 2.24) is 4.98 Å². The van der Waals surface area contributed by atoms with Gasteiger partial charge in [0.25, 0.3) is 0 Å². The van der Waals surface area contributed by atoms with E-state index >= 15 is 0 Å². The molecule has 4 heteroatoms. The summed E-state index contributed by atoms with van der Waals surface area (Å²) in [5.74, 6) is 1.52. The Kier molecular flexibility index (Phi) is 2.63. The largest absolute Gasteiger partial charge is 0.373 e. The van der Waals surface area contributed by atoms with Gasteiger partial charge in [0, 0.05) is 25.9 Å². The SMILES string of the molecule is CNc1ccc(C=N)c(NC)n1. The summed E-state index contributed by atoms with van der Waals surface area (Å²) >= 11 is 0. The molecule has 1 heterocycles. The van der Waals surface area contributed by atoms with Crippen LogP contribution in [0.15, 0.2) is 12.1 Å². The van der Waals surface area contributed by atoms with Crippen LogP contribution < -0.4 is 10.6 Å². The average Bonchev–Trinajstić information content (AvgIpc) is 2.16. The number of pyridine rings is 1. The van der Waals surface area contributed by atoms with Gasteiger partial charge in [0.1, 0.15) is 11.6 Å². The maximum Gasteiger partial charge on any atom is 0.136 e. The lowest BCUT2D eigenvalue weighted by molar-refractivity contribution is 1.25. The van der Waals surface area contributed by atoms with Crippen LogP contribution in [0.25, 0.3) is 0 Å². The Bertz CT molecular complexity index is 282. The van der Waals surface area contributed by atoms with E-state index < -0.39 is 0 Å². The minimum absolute atomic E-state index is 0.719. The molecule has 0 aliphatic heterocycles. The molecule has 0 saturated heterocycles. The van der Waals surface area contributed by atoms with Crippen molar-refractivity contribution in [2.75, 3.05) is 24.7 Å². The minimum atomic E-state index is 0.719. The second-order valence-electron chi connectivity index (χ2n) is 2.28. The first kappa shape index (κ1) is 8.52. The molecule has 1 aromatic heterocycles. The van der Waals surface area contributed by atoms with Crippen LogP contribution in [0.1, 0.15) is 5.56 Å². The fourth-order valence-electron chi connectivity index (χ4n) is 0.926. The highest BCUT2D eigenvalue weighted by molar-refractivity contribution is 5.84. The van der Waals surface area contributed by atoms with Gasteiger partial charge in [-0.05, 0) is 12.1 Å². The third-order valence-electron chi connectivity index (χ3n) is 1.57. The summed E-state index contributed by atoms with van der Waals surface area (Å²) in [6.07, 6.45) is 1.28. The van der Waals surface area contributed by atoms with Crippen molar-refractivity contribution in [2.24, 2.45) is 0 Å². The van der Waals surface area contributed by atoms with E-state index in [0.29, 0.717) is 0 Å². The molecule has 0 aliphatic rings. The van der Waals surface area contributed by atoms with Crippen molar-refractivity contribution in [3.8, 4) is 0 Å². The number of anilines is 2. The highest BCUT2D eigenvalue weighted by atomic mass is 15.0. The Morgan fingerprint density at radius 2 is 2.08 bits per heavy atom. The van der Waals surface area contributed by atoms with Gasteiger partial charge in [-0.1, -0.05) is 0 Å².